The van der Waals surface area contributed by atoms with Crippen molar-refractivity contribution in [2.24, 2.45) is 0 Å². The fourth-order valence-electron chi connectivity index (χ4n) is 4.45. The van der Waals surface area contributed by atoms with Gasteiger partial charge in [-0.15, -0.1) is 0 Å². The second-order valence-corrected chi connectivity index (χ2v) is 8.34. The lowest BCUT2D eigenvalue weighted by Gasteiger charge is -2.14. The summed E-state index contributed by atoms with van der Waals surface area (Å²) in [5, 5.41) is 2.73. The summed E-state index contributed by atoms with van der Waals surface area (Å²) in [6.07, 6.45) is 0.451. The van der Waals surface area contributed by atoms with E-state index in [1.807, 2.05) is 42.5 Å². The van der Waals surface area contributed by atoms with E-state index in [0.717, 1.165) is 12.0 Å². The molecule has 0 atom stereocenters. The molecule has 166 valence electrons. The summed E-state index contributed by atoms with van der Waals surface area (Å²) in [5.41, 5.74) is 8.29. The first kappa shape index (κ1) is 21.6. The third kappa shape index (κ3) is 4.87. The minimum absolute atomic E-state index is 0.0543. The molecule has 0 spiro atoms. The third-order valence-corrected chi connectivity index (χ3v) is 6.10. The smallest absolute Gasteiger partial charge is 0.407 e. The topological polar surface area (TPSA) is 38.3 Å². The Kier molecular flexibility index (Phi) is 6.40. The molecule has 0 unspecified atom stereocenters. The highest BCUT2D eigenvalue weighted by atomic mass is 16.5. The number of amides is 1. The number of hydrogen-bond acceptors (Lipinski definition) is 2. The standard InChI is InChI=1S/C31H25NO2/c33-31(34-22-30-28-14-6-4-12-26(28)27-13-5-7-15-29(27)30)32-20-8-11-23-16-18-25(19-17-23)21-24-9-2-1-3-10-24/h1-7,9-10,12-19,30H,20-22H2,(H,32,33). The van der Waals surface area contributed by atoms with Crippen molar-refractivity contribution in [1.82, 2.24) is 5.32 Å². The van der Waals surface area contributed by atoms with Crippen LogP contribution in [0.5, 0.6) is 0 Å². The minimum Gasteiger partial charge on any atom is -0.449 e. The average molecular weight is 444 g/mol. The van der Waals surface area contributed by atoms with Gasteiger partial charge in [0.05, 0.1) is 6.54 Å². The Hall–Kier alpha value is -4.29. The SMILES string of the molecule is O=C(NCC#Cc1ccc(Cc2ccccc2)cc1)OCC1c2ccccc2-c2ccccc21. The van der Waals surface area contributed by atoms with E-state index in [2.05, 4.69) is 77.8 Å². The second-order valence-electron chi connectivity index (χ2n) is 8.34. The molecule has 1 aliphatic carbocycles. The predicted octanol–water partition coefficient (Wildman–Crippen LogP) is 6.17. The van der Waals surface area contributed by atoms with Gasteiger partial charge in [-0.1, -0.05) is 103 Å². The molecule has 4 aromatic carbocycles. The number of hydrogen-bond donors (Lipinski definition) is 1. The van der Waals surface area contributed by atoms with Crippen molar-refractivity contribution in [2.45, 2.75) is 12.3 Å². The molecule has 34 heavy (non-hydrogen) atoms. The molecule has 0 bridgehead atoms. The minimum atomic E-state index is -0.450. The van der Waals surface area contributed by atoms with Crippen molar-refractivity contribution in [3.05, 3.63) is 131 Å². The molecular formula is C31H25NO2. The van der Waals surface area contributed by atoms with Crippen LogP contribution in [-0.4, -0.2) is 19.2 Å². The molecule has 1 aliphatic rings. The van der Waals surface area contributed by atoms with E-state index in [1.165, 1.54) is 33.4 Å². The Balaban J connectivity index is 1.12. The van der Waals surface area contributed by atoms with Crippen molar-refractivity contribution in [1.29, 1.82) is 0 Å². The maximum Gasteiger partial charge on any atom is 0.407 e. The molecule has 0 radical (unpaired) electrons. The largest absolute Gasteiger partial charge is 0.449 e. The molecule has 0 aromatic heterocycles. The maximum absolute atomic E-state index is 12.3. The lowest BCUT2D eigenvalue weighted by molar-refractivity contribution is 0.144. The molecule has 1 amide bonds. The maximum atomic E-state index is 12.3. The Morgan fingerprint density at radius 1 is 0.735 bits per heavy atom. The number of rotatable bonds is 5. The van der Waals surface area contributed by atoms with Gasteiger partial charge in [0.25, 0.3) is 0 Å². The van der Waals surface area contributed by atoms with E-state index in [1.54, 1.807) is 0 Å². The van der Waals surface area contributed by atoms with Crippen LogP contribution < -0.4 is 5.32 Å². The lowest BCUT2D eigenvalue weighted by atomic mass is 9.98. The van der Waals surface area contributed by atoms with Crippen LogP contribution in [-0.2, 0) is 11.2 Å². The van der Waals surface area contributed by atoms with Gasteiger partial charge in [-0.05, 0) is 51.9 Å². The number of nitrogens with one attached hydrogen (secondary N) is 1. The highest BCUT2D eigenvalue weighted by Crippen LogP contribution is 2.44. The van der Waals surface area contributed by atoms with Crippen LogP contribution >= 0.6 is 0 Å². The van der Waals surface area contributed by atoms with Crippen LogP contribution in [0.4, 0.5) is 4.79 Å². The Morgan fingerprint density at radius 3 is 2.00 bits per heavy atom. The van der Waals surface area contributed by atoms with Crippen LogP contribution in [0.3, 0.4) is 0 Å². The van der Waals surface area contributed by atoms with Crippen LogP contribution in [0.2, 0.25) is 0 Å². The van der Waals surface area contributed by atoms with Gasteiger partial charge in [0.2, 0.25) is 0 Å². The molecule has 1 N–H and O–H groups in total. The van der Waals surface area contributed by atoms with Gasteiger partial charge in [0.15, 0.2) is 0 Å². The summed E-state index contributed by atoms with van der Waals surface area (Å²) in [4.78, 5) is 12.3. The normalized spacial score (nSPS) is 11.6. The molecule has 0 heterocycles. The number of benzene rings is 4. The van der Waals surface area contributed by atoms with Gasteiger partial charge < -0.3 is 10.1 Å². The van der Waals surface area contributed by atoms with Crippen molar-refractivity contribution < 1.29 is 9.53 Å². The molecular weight excluding hydrogens is 418 g/mol. The van der Waals surface area contributed by atoms with E-state index in [9.17, 15) is 4.79 Å². The van der Waals surface area contributed by atoms with Gasteiger partial charge in [-0.2, -0.15) is 0 Å². The predicted molar refractivity (Wildman–Crippen MR) is 136 cm³/mol. The highest BCUT2D eigenvalue weighted by molar-refractivity contribution is 5.79. The fraction of sp³-hybridized carbons (Fsp3) is 0.129. The number of carbonyl (C=O) groups is 1. The molecule has 3 heteroatoms. The first-order valence-corrected chi connectivity index (χ1v) is 11.5. The zero-order chi connectivity index (χ0) is 23.2. The molecule has 0 saturated heterocycles. The molecule has 5 rings (SSSR count). The third-order valence-electron chi connectivity index (χ3n) is 6.10. The van der Waals surface area contributed by atoms with Gasteiger partial charge in [-0.3, -0.25) is 0 Å². The van der Waals surface area contributed by atoms with E-state index in [0.29, 0.717) is 6.61 Å². The van der Waals surface area contributed by atoms with Crippen LogP contribution in [0.1, 0.15) is 33.7 Å². The van der Waals surface area contributed by atoms with E-state index >= 15 is 0 Å². The fourth-order valence-corrected chi connectivity index (χ4v) is 4.45. The summed E-state index contributed by atoms with van der Waals surface area (Å²) in [7, 11) is 0. The Labute approximate surface area is 200 Å². The van der Waals surface area contributed by atoms with Crippen molar-refractivity contribution >= 4 is 6.09 Å². The van der Waals surface area contributed by atoms with Crippen molar-refractivity contribution in [2.75, 3.05) is 13.2 Å². The van der Waals surface area contributed by atoms with Gasteiger partial charge in [0, 0.05) is 11.5 Å². The Morgan fingerprint density at radius 2 is 1.32 bits per heavy atom. The molecule has 3 nitrogen and oxygen atoms in total. The average Bonchev–Trinajstić information content (AvgIpc) is 3.21. The summed E-state index contributed by atoms with van der Waals surface area (Å²) in [6, 6.07) is 35.2. The first-order valence-electron chi connectivity index (χ1n) is 11.5. The zero-order valence-corrected chi connectivity index (χ0v) is 18.8. The van der Waals surface area contributed by atoms with Crippen molar-refractivity contribution in [3.63, 3.8) is 0 Å². The number of ether oxygens (including phenoxy) is 1. The number of alkyl carbamates (subject to hydrolysis) is 1. The van der Waals surface area contributed by atoms with E-state index in [-0.39, 0.29) is 12.5 Å². The first-order chi connectivity index (χ1) is 16.8. The number of fused-ring (bicyclic) bond motifs is 3. The summed E-state index contributed by atoms with van der Waals surface area (Å²) in [6.45, 7) is 0.540. The van der Waals surface area contributed by atoms with Crippen molar-refractivity contribution in [3.8, 4) is 23.0 Å². The van der Waals surface area contributed by atoms with E-state index in [4.69, 9.17) is 4.74 Å². The van der Waals surface area contributed by atoms with Crippen LogP contribution in [0.15, 0.2) is 103 Å². The van der Waals surface area contributed by atoms with Crippen LogP contribution in [0.25, 0.3) is 11.1 Å². The Bertz CT molecular complexity index is 1300. The molecule has 4 aromatic rings. The van der Waals surface area contributed by atoms with Gasteiger partial charge in [-0.25, -0.2) is 4.79 Å². The molecule has 0 aliphatic heterocycles. The van der Waals surface area contributed by atoms with E-state index < -0.39 is 6.09 Å². The van der Waals surface area contributed by atoms with Crippen LogP contribution in [0, 0.1) is 11.8 Å². The highest BCUT2D eigenvalue weighted by Gasteiger charge is 2.28. The quantitative estimate of drug-likeness (QED) is 0.375. The lowest BCUT2D eigenvalue weighted by Crippen LogP contribution is -2.26. The summed E-state index contributed by atoms with van der Waals surface area (Å²) < 4.78 is 5.55. The molecule has 0 fully saturated rings. The second kappa shape index (κ2) is 10.1. The monoisotopic (exact) mass is 443 g/mol. The summed E-state index contributed by atoms with van der Waals surface area (Å²) >= 11 is 0. The van der Waals surface area contributed by atoms with Gasteiger partial charge in [0.1, 0.15) is 6.61 Å². The van der Waals surface area contributed by atoms with Gasteiger partial charge >= 0.3 is 6.09 Å². The zero-order valence-electron chi connectivity index (χ0n) is 18.8. The summed E-state index contributed by atoms with van der Waals surface area (Å²) in [5.74, 6) is 6.15. The number of carbonyl (C=O) groups excluding carboxylic acids is 1. The molecule has 0 saturated carbocycles.